The number of likely N-dealkylation sites (tertiary alicyclic amines) is 1. The van der Waals surface area contributed by atoms with E-state index in [0.717, 1.165) is 36.3 Å². The molecule has 0 saturated carbocycles. The molecule has 0 radical (unpaired) electrons. The molecule has 22 heavy (non-hydrogen) atoms. The fourth-order valence-electron chi connectivity index (χ4n) is 2.79. The Bertz CT molecular complexity index is 643. The van der Waals surface area contributed by atoms with Crippen LogP contribution in [0, 0.1) is 6.92 Å². The highest BCUT2D eigenvalue weighted by Gasteiger charge is 2.25. The van der Waals surface area contributed by atoms with Crippen LogP contribution >= 0.6 is 0 Å². The molecule has 114 valence electrons. The van der Waals surface area contributed by atoms with E-state index in [1.165, 1.54) is 0 Å². The third kappa shape index (κ3) is 3.45. The van der Waals surface area contributed by atoms with Gasteiger partial charge in [0, 0.05) is 24.5 Å². The maximum absolute atomic E-state index is 12.6. The molecule has 0 aliphatic carbocycles. The second kappa shape index (κ2) is 6.60. The van der Waals surface area contributed by atoms with Crippen LogP contribution < -0.4 is 4.74 Å². The summed E-state index contributed by atoms with van der Waals surface area (Å²) in [6, 6.07) is 11.4. The minimum atomic E-state index is 0.0462. The number of piperidine rings is 1. The van der Waals surface area contributed by atoms with Crippen molar-refractivity contribution in [2.45, 2.75) is 25.9 Å². The minimum Gasteiger partial charge on any atom is -0.488 e. The van der Waals surface area contributed by atoms with Crippen molar-refractivity contribution < 1.29 is 9.53 Å². The summed E-state index contributed by atoms with van der Waals surface area (Å²) in [4.78, 5) is 18.5. The molecule has 1 saturated heterocycles. The molecule has 1 aliphatic heterocycles. The fraction of sp³-hybridized carbons (Fsp3) is 0.333. The summed E-state index contributed by atoms with van der Waals surface area (Å²) in [7, 11) is 0. The van der Waals surface area contributed by atoms with Crippen molar-refractivity contribution in [2.24, 2.45) is 0 Å². The van der Waals surface area contributed by atoms with E-state index in [1.54, 1.807) is 12.4 Å². The number of hydrogen-bond acceptors (Lipinski definition) is 3. The highest BCUT2D eigenvalue weighted by atomic mass is 16.5. The second-order valence-electron chi connectivity index (χ2n) is 5.69. The first-order chi connectivity index (χ1) is 10.7. The molecule has 1 atom stereocenters. The van der Waals surface area contributed by atoms with Crippen LogP contribution in [0.25, 0.3) is 0 Å². The number of nitrogens with zero attached hydrogens (tertiary/aromatic N) is 2. The van der Waals surface area contributed by atoms with Crippen molar-refractivity contribution in [3.05, 3.63) is 59.9 Å². The molecule has 2 heterocycles. The molecule has 1 aromatic carbocycles. The average Bonchev–Trinajstić information content (AvgIpc) is 2.55. The van der Waals surface area contributed by atoms with Crippen LogP contribution in [-0.4, -0.2) is 35.0 Å². The van der Waals surface area contributed by atoms with Gasteiger partial charge in [-0.15, -0.1) is 0 Å². The molecule has 2 aromatic rings. The van der Waals surface area contributed by atoms with Gasteiger partial charge >= 0.3 is 0 Å². The molecular weight excluding hydrogens is 276 g/mol. The number of carbonyl (C=O) groups is 1. The van der Waals surface area contributed by atoms with Gasteiger partial charge in [-0.05, 0) is 44.0 Å². The first-order valence-corrected chi connectivity index (χ1v) is 7.65. The van der Waals surface area contributed by atoms with Gasteiger partial charge in [0.2, 0.25) is 0 Å². The van der Waals surface area contributed by atoms with E-state index in [9.17, 15) is 4.79 Å². The van der Waals surface area contributed by atoms with E-state index in [1.807, 2.05) is 48.2 Å². The smallest absolute Gasteiger partial charge is 0.253 e. The van der Waals surface area contributed by atoms with Crippen molar-refractivity contribution in [1.82, 2.24) is 9.88 Å². The Morgan fingerprint density at radius 2 is 2.09 bits per heavy atom. The van der Waals surface area contributed by atoms with E-state index in [4.69, 9.17) is 4.74 Å². The molecule has 4 heteroatoms. The standard InChI is InChI=1S/C18H20N2O2/c1-14-4-2-5-15(12-14)18(21)20-11-3-6-17(13-20)22-16-7-9-19-10-8-16/h2,4-5,7-10,12,17H,3,6,11,13H2,1H3. The molecule has 1 aromatic heterocycles. The number of pyridine rings is 1. The maximum atomic E-state index is 12.6. The monoisotopic (exact) mass is 296 g/mol. The highest BCUT2D eigenvalue weighted by Crippen LogP contribution is 2.19. The third-order valence-corrected chi connectivity index (χ3v) is 3.88. The zero-order chi connectivity index (χ0) is 15.4. The quantitative estimate of drug-likeness (QED) is 0.874. The van der Waals surface area contributed by atoms with E-state index >= 15 is 0 Å². The molecule has 0 bridgehead atoms. The Morgan fingerprint density at radius 3 is 2.86 bits per heavy atom. The lowest BCUT2D eigenvalue weighted by Crippen LogP contribution is -2.44. The minimum absolute atomic E-state index is 0.0462. The van der Waals surface area contributed by atoms with E-state index in [-0.39, 0.29) is 12.0 Å². The Kier molecular flexibility index (Phi) is 4.37. The molecular formula is C18H20N2O2. The van der Waals surface area contributed by atoms with Gasteiger partial charge in [-0.2, -0.15) is 0 Å². The van der Waals surface area contributed by atoms with Gasteiger partial charge in [0.25, 0.3) is 5.91 Å². The fourth-order valence-corrected chi connectivity index (χ4v) is 2.79. The normalized spacial score (nSPS) is 18.0. The predicted molar refractivity (Wildman–Crippen MR) is 85.0 cm³/mol. The Balaban J connectivity index is 1.66. The molecule has 0 spiro atoms. The first kappa shape index (κ1) is 14.6. The van der Waals surface area contributed by atoms with Gasteiger partial charge in [0.15, 0.2) is 0 Å². The lowest BCUT2D eigenvalue weighted by Gasteiger charge is -2.33. The summed E-state index contributed by atoms with van der Waals surface area (Å²) in [6.07, 6.45) is 5.42. The molecule has 3 rings (SSSR count). The third-order valence-electron chi connectivity index (χ3n) is 3.88. The first-order valence-electron chi connectivity index (χ1n) is 7.65. The number of hydrogen-bond donors (Lipinski definition) is 0. The number of aromatic nitrogens is 1. The van der Waals surface area contributed by atoms with Gasteiger partial charge in [0.05, 0.1) is 6.54 Å². The predicted octanol–water partition coefficient (Wildman–Crippen LogP) is 3.07. The maximum Gasteiger partial charge on any atom is 0.253 e. The number of rotatable bonds is 3. The van der Waals surface area contributed by atoms with Crippen molar-refractivity contribution >= 4 is 5.91 Å². The zero-order valence-electron chi connectivity index (χ0n) is 12.7. The molecule has 1 unspecified atom stereocenters. The number of benzene rings is 1. The van der Waals surface area contributed by atoms with Crippen molar-refractivity contribution in [3.8, 4) is 5.75 Å². The van der Waals surface area contributed by atoms with Crippen molar-refractivity contribution in [3.63, 3.8) is 0 Å². The summed E-state index contributed by atoms with van der Waals surface area (Å²) in [5, 5.41) is 0. The van der Waals surface area contributed by atoms with Crippen LogP contribution in [0.5, 0.6) is 5.75 Å². The summed E-state index contributed by atoms with van der Waals surface area (Å²) in [5.74, 6) is 0.900. The highest BCUT2D eigenvalue weighted by molar-refractivity contribution is 5.94. The van der Waals surface area contributed by atoms with Crippen molar-refractivity contribution in [1.29, 1.82) is 0 Å². The lowest BCUT2D eigenvalue weighted by molar-refractivity contribution is 0.0537. The van der Waals surface area contributed by atoms with E-state index in [2.05, 4.69) is 4.98 Å². The Hall–Kier alpha value is -2.36. The summed E-state index contributed by atoms with van der Waals surface area (Å²) >= 11 is 0. The van der Waals surface area contributed by atoms with Gasteiger partial charge in [0.1, 0.15) is 11.9 Å². The number of carbonyl (C=O) groups excluding carboxylic acids is 1. The second-order valence-corrected chi connectivity index (χ2v) is 5.69. The van der Waals surface area contributed by atoms with Crippen LogP contribution in [0.1, 0.15) is 28.8 Å². The SMILES string of the molecule is Cc1cccc(C(=O)N2CCCC(Oc3ccncc3)C2)c1. The number of ether oxygens (including phenoxy) is 1. The Labute approximate surface area is 130 Å². The van der Waals surface area contributed by atoms with Crippen LogP contribution in [0.2, 0.25) is 0 Å². The van der Waals surface area contributed by atoms with Gasteiger partial charge in [-0.25, -0.2) is 0 Å². The summed E-state index contributed by atoms with van der Waals surface area (Å²) in [5.41, 5.74) is 1.86. The molecule has 1 amide bonds. The molecule has 0 N–H and O–H groups in total. The molecule has 1 fully saturated rings. The summed E-state index contributed by atoms with van der Waals surface area (Å²) < 4.78 is 5.96. The zero-order valence-corrected chi connectivity index (χ0v) is 12.7. The number of amides is 1. The molecule has 1 aliphatic rings. The average molecular weight is 296 g/mol. The van der Waals surface area contributed by atoms with Crippen LogP contribution in [-0.2, 0) is 0 Å². The largest absolute Gasteiger partial charge is 0.488 e. The topological polar surface area (TPSA) is 42.4 Å². The van der Waals surface area contributed by atoms with Gasteiger partial charge in [-0.1, -0.05) is 17.7 Å². The van der Waals surface area contributed by atoms with Crippen molar-refractivity contribution in [2.75, 3.05) is 13.1 Å². The molecule has 4 nitrogen and oxygen atoms in total. The van der Waals surface area contributed by atoms with Gasteiger partial charge < -0.3 is 9.64 Å². The van der Waals surface area contributed by atoms with Crippen LogP contribution in [0.15, 0.2) is 48.8 Å². The Morgan fingerprint density at radius 1 is 1.27 bits per heavy atom. The lowest BCUT2D eigenvalue weighted by atomic mass is 10.1. The van der Waals surface area contributed by atoms with E-state index < -0.39 is 0 Å². The van der Waals surface area contributed by atoms with E-state index in [0.29, 0.717) is 6.54 Å². The van der Waals surface area contributed by atoms with Gasteiger partial charge in [-0.3, -0.25) is 9.78 Å². The number of aryl methyl sites for hydroxylation is 1. The summed E-state index contributed by atoms with van der Waals surface area (Å²) in [6.45, 7) is 3.43. The van der Waals surface area contributed by atoms with Crippen LogP contribution in [0.3, 0.4) is 0 Å². The van der Waals surface area contributed by atoms with Crippen LogP contribution in [0.4, 0.5) is 0 Å².